The SMILES string of the molecule is CC(C)=C1OC(=O)N(c2cc(OC3CCCC3)c(Cl)cc2F)C1=O.CC1COc2ccccc2N1C(=O)C(Cl)Cl.CCc1cccc(C)c1N(C(=O)CCl)C(C)COC.CS(=O)(=O)c1cc(C(F)(F)F)ccc1C(=O)c1cnoc1C1CC1.O=C(O)CNCP(=O)(O)O. The van der Waals surface area contributed by atoms with E-state index in [1.807, 2.05) is 57.2 Å². The molecule has 32 heteroatoms. The second-order valence-electron chi connectivity index (χ2n) is 21.7. The number of alkyl halides is 6. The molecule has 1 aromatic heterocycles. The molecule has 93 heavy (non-hydrogen) atoms. The van der Waals surface area contributed by atoms with E-state index in [1.165, 1.54) is 12.3 Å². The molecule has 3 heterocycles. The van der Waals surface area contributed by atoms with Crippen molar-refractivity contribution in [2.75, 3.05) is 60.0 Å². The number of fused-ring (bicyclic) bond motifs is 1. The first-order chi connectivity index (χ1) is 43.6. The monoisotopic (exact) mass is 1420 g/mol. The third kappa shape index (κ3) is 21.4. The number of carbonyl (C=O) groups excluding carboxylic acids is 5. The van der Waals surface area contributed by atoms with Crippen LogP contribution in [0.1, 0.15) is 117 Å². The summed E-state index contributed by atoms with van der Waals surface area (Å²) >= 11 is 23.1. The number of imide groups is 1. The van der Waals surface area contributed by atoms with Gasteiger partial charge in [-0.15, -0.1) is 11.6 Å². The first kappa shape index (κ1) is 77.1. The molecule has 4 amide bonds. The van der Waals surface area contributed by atoms with Gasteiger partial charge in [0.1, 0.15) is 29.8 Å². The number of aliphatic carboxylic acids is 1. The van der Waals surface area contributed by atoms with E-state index in [-0.39, 0.29) is 75.1 Å². The van der Waals surface area contributed by atoms with Crippen LogP contribution in [0, 0.1) is 12.7 Å². The number of hydrogen-bond donors (Lipinski definition) is 4. The van der Waals surface area contributed by atoms with Crippen LogP contribution in [-0.2, 0) is 55.7 Å². The van der Waals surface area contributed by atoms with Crippen molar-refractivity contribution in [2.45, 2.75) is 127 Å². The van der Waals surface area contributed by atoms with Gasteiger partial charge in [0.25, 0.3) is 5.91 Å². The van der Waals surface area contributed by atoms with Crippen LogP contribution in [0.5, 0.6) is 11.5 Å². The molecule has 4 aromatic carbocycles. The van der Waals surface area contributed by atoms with Crippen molar-refractivity contribution in [3.8, 4) is 11.5 Å². The lowest BCUT2D eigenvalue weighted by atomic mass is 10.0. The lowest BCUT2D eigenvalue weighted by molar-refractivity contribution is -0.138. The molecule has 2 aliphatic carbocycles. The summed E-state index contributed by atoms with van der Waals surface area (Å²) in [7, 11) is -6.50. The largest absolute Gasteiger partial charge is 0.489 e. The Labute approximate surface area is 554 Å². The summed E-state index contributed by atoms with van der Waals surface area (Å²) in [5.74, 6) is -2.54. The number of hydrogen-bond acceptors (Lipinski definition) is 16. The minimum absolute atomic E-state index is 0.00962. The number of nitrogens with one attached hydrogen (secondary N) is 1. The number of carboxylic acid groups (broad SMARTS) is 1. The van der Waals surface area contributed by atoms with E-state index in [4.69, 9.17) is 84.8 Å². The molecule has 4 N–H and O–H groups in total. The van der Waals surface area contributed by atoms with Gasteiger partial charge >= 0.3 is 31.7 Å². The average Bonchev–Trinajstić information content (AvgIpc) is 1.78. The van der Waals surface area contributed by atoms with Crippen LogP contribution >= 0.6 is 54.0 Å². The van der Waals surface area contributed by atoms with E-state index < -0.39 is 81.3 Å². The lowest BCUT2D eigenvalue weighted by Gasteiger charge is -2.35. The Kier molecular flexibility index (Phi) is 28.3. The van der Waals surface area contributed by atoms with E-state index in [2.05, 4.69) is 23.5 Å². The number of methoxy groups -OCH3 is 1. The van der Waals surface area contributed by atoms with E-state index in [9.17, 15) is 59.3 Å². The lowest BCUT2D eigenvalue weighted by Crippen LogP contribution is -2.47. The summed E-state index contributed by atoms with van der Waals surface area (Å²) in [6.45, 7) is 11.7. The van der Waals surface area contributed by atoms with E-state index in [0.29, 0.717) is 47.3 Å². The summed E-state index contributed by atoms with van der Waals surface area (Å²) < 4.78 is 113. The van der Waals surface area contributed by atoms with Crippen molar-refractivity contribution < 1.29 is 97.7 Å². The van der Waals surface area contributed by atoms with E-state index in [1.54, 1.807) is 30.8 Å². The van der Waals surface area contributed by atoms with Gasteiger partial charge < -0.3 is 48.2 Å². The number of para-hydroxylation sites is 3. The summed E-state index contributed by atoms with van der Waals surface area (Å²) in [5, 5.41) is 13.7. The fourth-order valence-electron chi connectivity index (χ4n) is 9.62. The Hall–Kier alpha value is -6.65. The highest BCUT2D eigenvalue weighted by molar-refractivity contribution is 7.90. The molecular formula is C61H70Cl4F4N5O17PS. The zero-order chi connectivity index (χ0) is 69.4. The molecule has 0 spiro atoms. The zero-order valence-electron chi connectivity index (χ0n) is 51.6. The maximum absolute atomic E-state index is 14.3. The number of carbonyl (C=O) groups is 6. The van der Waals surface area contributed by atoms with Crippen LogP contribution in [0.2, 0.25) is 5.02 Å². The number of aryl methyl sites for hydroxylation is 2. The molecule has 22 nitrogen and oxygen atoms in total. The summed E-state index contributed by atoms with van der Waals surface area (Å²) in [6.07, 6.45) is 2.13. The number of amides is 4. The van der Waals surface area contributed by atoms with E-state index in [0.717, 1.165) is 85.8 Å². The molecule has 3 fully saturated rings. The number of aromatic nitrogens is 1. The molecule has 0 radical (unpaired) electrons. The molecule has 5 aromatic rings. The second-order valence-corrected chi connectivity index (χ2v) is 27.1. The number of carboxylic acids is 1. The number of rotatable bonds is 18. The first-order valence-electron chi connectivity index (χ1n) is 28.6. The molecule has 0 bridgehead atoms. The molecule has 2 aliphatic heterocycles. The van der Waals surface area contributed by atoms with Crippen molar-refractivity contribution in [2.24, 2.45) is 0 Å². The van der Waals surface area contributed by atoms with Gasteiger partial charge in [0.2, 0.25) is 5.91 Å². The van der Waals surface area contributed by atoms with Crippen molar-refractivity contribution in [3.63, 3.8) is 0 Å². The highest BCUT2D eigenvalue weighted by Gasteiger charge is 2.41. The first-order valence-corrected chi connectivity index (χ1v) is 34.1. The molecule has 2 unspecified atom stereocenters. The van der Waals surface area contributed by atoms with Crippen LogP contribution in [0.3, 0.4) is 0 Å². The van der Waals surface area contributed by atoms with Gasteiger partial charge in [0.05, 0.1) is 81.9 Å². The van der Waals surface area contributed by atoms with Gasteiger partial charge in [0.15, 0.2) is 32.0 Å². The molecule has 9 rings (SSSR count). The number of sulfone groups is 1. The van der Waals surface area contributed by atoms with Crippen LogP contribution in [0.15, 0.2) is 99.7 Å². The molecule has 4 aliphatic rings. The average molecular weight is 1430 g/mol. The number of cyclic esters (lactones) is 1. The smallest absolute Gasteiger partial charge is 0.427 e. The second kappa shape index (κ2) is 34.1. The zero-order valence-corrected chi connectivity index (χ0v) is 56.3. The van der Waals surface area contributed by atoms with Crippen LogP contribution < -0.4 is 29.5 Å². The predicted molar refractivity (Wildman–Crippen MR) is 340 cm³/mol. The molecular weight excluding hydrogens is 1360 g/mol. The third-order valence-corrected chi connectivity index (χ3v) is 16.7. The van der Waals surface area contributed by atoms with Gasteiger partial charge in [0, 0.05) is 30.9 Å². The maximum atomic E-state index is 14.3. The highest BCUT2D eigenvalue weighted by atomic mass is 35.5. The number of allylic oxidation sites excluding steroid dienone is 1. The number of halogens is 8. The van der Waals surface area contributed by atoms with Crippen LogP contribution in [0.25, 0.3) is 0 Å². The fourth-order valence-corrected chi connectivity index (χ4v) is 11.5. The minimum atomic E-state index is -4.71. The Bertz CT molecular complexity index is 3710. The third-order valence-electron chi connectivity index (χ3n) is 14.0. The van der Waals surface area contributed by atoms with Gasteiger partial charge in [-0.05, 0) is 133 Å². The van der Waals surface area contributed by atoms with Crippen molar-refractivity contribution in [1.29, 1.82) is 0 Å². The molecule has 2 saturated carbocycles. The van der Waals surface area contributed by atoms with Gasteiger partial charge in [-0.1, -0.05) is 77.2 Å². The minimum Gasteiger partial charge on any atom is -0.489 e. The highest BCUT2D eigenvalue weighted by Crippen LogP contribution is 2.43. The number of nitrogens with zero attached hydrogens (tertiary/aromatic N) is 4. The molecule has 508 valence electrons. The Morgan fingerprint density at radius 1 is 0.957 bits per heavy atom. The maximum Gasteiger partial charge on any atom is 0.427 e. The topological polar surface area (TPSA) is 299 Å². The van der Waals surface area contributed by atoms with Gasteiger partial charge in [-0.25, -0.2) is 22.5 Å². The van der Waals surface area contributed by atoms with Crippen molar-refractivity contribution in [1.82, 2.24) is 10.5 Å². The van der Waals surface area contributed by atoms with Crippen molar-refractivity contribution >= 4 is 116 Å². The number of ketones is 1. The number of ether oxygens (including phenoxy) is 4. The predicted octanol–water partition coefficient (Wildman–Crippen LogP) is 12.3. The van der Waals surface area contributed by atoms with Crippen LogP contribution in [-0.4, -0.2) is 132 Å². The van der Waals surface area contributed by atoms with Crippen LogP contribution in [0.4, 0.5) is 39.4 Å². The quantitative estimate of drug-likeness (QED) is 0.0208. The van der Waals surface area contributed by atoms with Crippen molar-refractivity contribution in [3.05, 3.63) is 135 Å². The summed E-state index contributed by atoms with van der Waals surface area (Å²) in [5.41, 5.74) is 2.87. The fraction of sp³-hybridized carbons (Fsp3) is 0.426. The number of anilines is 3. The molecule has 1 saturated heterocycles. The number of benzene rings is 4. The summed E-state index contributed by atoms with van der Waals surface area (Å²) in [4.78, 5) is 89.5. The Morgan fingerprint density at radius 2 is 1.61 bits per heavy atom. The van der Waals surface area contributed by atoms with E-state index >= 15 is 0 Å². The normalized spacial score (nSPS) is 15.8. The van der Waals surface area contributed by atoms with Gasteiger partial charge in [-0.3, -0.25) is 33.9 Å². The van der Waals surface area contributed by atoms with Gasteiger partial charge in [-0.2, -0.15) is 13.2 Å². The Morgan fingerprint density at radius 3 is 2.16 bits per heavy atom. The standard InChI is InChI=1S/C17H17ClFNO4.C15H22ClNO2.C15H12F3NO4S.C11H11Cl2NO2.C3H8NO5P/c1-9(2)15-16(21)20(17(22)24-15)13-8-14(11(18)7-12(13)19)23-10-5-3-4-6-10;1-5-13-8-6-7-11(2)15(13)17(14(18)9-16)12(3)10-19-4;1-24(21,22)12-6-9(15(16,17)18)4-5-10(12)13(20)11-7-19-23-14(11)8-2-3-8;1-7-6-16-9-5-3-2-4-8(9)14(7)11(15)10(12)13;5-3(6)1-4-2-10(7,8)9/h7-8,10H,3-6H2,1-2H3;6-8,12H,5,9-10H2,1-4H3;4-8H,2-3H2,1H3;2-5,7,10H,6H2,1H3;4H,1-2H2,(H,5,6)(H2,7,8,9). The summed E-state index contributed by atoms with van der Waals surface area (Å²) in [6, 6.07) is 17.7. The Balaban J connectivity index is 0.000000217. The molecule has 2 atom stereocenters.